The van der Waals surface area contributed by atoms with Gasteiger partial charge in [-0.2, -0.15) is 0 Å². The van der Waals surface area contributed by atoms with Gasteiger partial charge in [0.2, 0.25) is 0 Å². The molecule has 0 amide bonds. The van der Waals surface area contributed by atoms with Crippen LogP contribution in [-0.2, 0) is 0 Å². The zero-order valence-electron chi connectivity index (χ0n) is 15.7. The molecular formula is C22H24N4. The molecular weight excluding hydrogens is 320 g/mol. The van der Waals surface area contributed by atoms with Crippen LogP contribution in [-0.4, -0.2) is 28.2 Å². The molecule has 0 radical (unpaired) electrons. The molecule has 1 N–H and O–H groups in total. The average molecular weight is 344 g/mol. The van der Waals surface area contributed by atoms with E-state index in [1.54, 1.807) is 0 Å². The van der Waals surface area contributed by atoms with Crippen molar-refractivity contribution in [1.82, 2.24) is 0 Å². The van der Waals surface area contributed by atoms with E-state index in [9.17, 15) is 0 Å². The number of hydrogen-bond acceptors (Lipinski definition) is 4. The van der Waals surface area contributed by atoms with Gasteiger partial charge in [-0.05, 0) is 48.5 Å². The maximum atomic E-state index is 3.59. The molecule has 0 bridgehead atoms. The molecule has 0 atom stereocenters. The summed E-state index contributed by atoms with van der Waals surface area (Å²) in [6, 6.07) is 23.6. The van der Waals surface area contributed by atoms with Crippen molar-refractivity contribution in [2.45, 2.75) is 0 Å². The first-order valence-electron chi connectivity index (χ1n) is 8.79. The lowest BCUT2D eigenvalue weighted by atomic mass is 10.1. The van der Waals surface area contributed by atoms with Crippen LogP contribution in [0.25, 0.3) is 0 Å². The highest BCUT2D eigenvalue weighted by Crippen LogP contribution is 2.49. The molecule has 0 unspecified atom stereocenters. The minimum atomic E-state index is 1.12. The summed E-state index contributed by atoms with van der Waals surface area (Å²) in [5.41, 5.74) is 8.06. The Morgan fingerprint density at radius 3 is 1.62 bits per heavy atom. The summed E-state index contributed by atoms with van der Waals surface area (Å²) in [5.74, 6) is 0. The number of benzene rings is 3. The molecule has 4 nitrogen and oxygen atoms in total. The third-order valence-electron chi connectivity index (χ3n) is 4.76. The second kappa shape index (κ2) is 6.30. The molecule has 4 heteroatoms. The lowest BCUT2D eigenvalue weighted by Crippen LogP contribution is -2.19. The lowest BCUT2D eigenvalue weighted by molar-refractivity contribution is 1.12. The van der Waals surface area contributed by atoms with Crippen molar-refractivity contribution in [3.63, 3.8) is 0 Å². The van der Waals surface area contributed by atoms with Gasteiger partial charge < -0.3 is 20.0 Å². The zero-order chi connectivity index (χ0) is 18.3. The summed E-state index contributed by atoms with van der Waals surface area (Å²) in [4.78, 5) is 6.60. The molecule has 0 fully saturated rings. The van der Waals surface area contributed by atoms with Crippen LogP contribution in [0.3, 0.4) is 0 Å². The Hall–Kier alpha value is -3.14. The third-order valence-corrected chi connectivity index (χ3v) is 4.76. The van der Waals surface area contributed by atoms with Crippen LogP contribution in [0, 0.1) is 0 Å². The minimum Gasteiger partial charge on any atom is -0.378 e. The fourth-order valence-corrected chi connectivity index (χ4v) is 3.31. The van der Waals surface area contributed by atoms with E-state index in [2.05, 4.69) is 115 Å². The Bertz CT molecular complexity index is 875. The van der Waals surface area contributed by atoms with Crippen LogP contribution in [0.4, 0.5) is 39.8 Å². The smallest absolute Gasteiger partial charge is 0.0718 e. The Labute approximate surface area is 155 Å². The molecule has 0 spiro atoms. The normalized spacial score (nSPS) is 12.1. The van der Waals surface area contributed by atoms with Crippen molar-refractivity contribution >= 4 is 39.8 Å². The van der Waals surface area contributed by atoms with Gasteiger partial charge in [0.1, 0.15) is 0 Å². The number of nitrogens with zero attached hydrogens (tertiary/aromatic N) is 3. The SMILES string of the molecule is CN(C)c1ccc2c(c1)N(c1ccccc1)c1cc(N(C)C)ccc1N2. The van der Waals surface area contributed by atoms with Crippen molar-refractivity contribution in [3.05, 3.63) is 66.7 Å². The predicted molar refractivity (Wildman–Crippen MR) is 113 cm³/mol. The molecule has 0 saturated heterocycles. The minimum absolute atomic E-state index is 1.12. The molecule has 3 aromatic rings. The predicted octanol–water partition coefficient (Wildman–Crippen LogP) is 5.35. The molecule has 0 aliphatic carbocycles. The van der Waals surface area contributed by atoms with E-state index in [1.807, 2.05) is 0 Å². The van der Waals surface area contributed by atoms with E-state index in [4.69, 9.17) is 0 Å². The van der Waals surface area contributed by atoms with Crippen molar-refractivity contribution in [2.24, 2.45) is 0 Å². The molecule has 0 saturated carbocycles. The van der Waals surface area contributed by atoms with Crippen LogP contribution in [0.5, 0.6) is 0 Å². The number of anilines is 7. The molecule has 1 aliphatic heterocycles. The summed E-state index contributed by atoms with van der Waals surface area (Å²) in [5, 5.41) is 3.59. The number of rotatable bonds is 3. The van der Waals surface area contributed by atoms with E-state index in [-0.39, 0.29) is 0 Å². The molecule has 1 heterocycles. The summed E-state index contributed by atoms with van der Waals surface area (Å²) in [6.07, 6.45) is 0. The number of para-hydroxylation sites is 1. The number of fused-ring (bicyclic) bond motifs is 2. The van der Waals surface area contributed by atoms with Gasteiger partial charge in [-0.15, -0.1) is 0 Å². The molecule has 0 aromatic heterocycles. The Kier molecular flexibility index (Phi) is 3.96. The quantitative estimate of drug-likeness (QED) is 0.541. The Morgan fingerprint density at radius 1 is 0.654 bits per heavy atom. The van der Waals surface area contributed by atoms with Gasteiger partial charge >= 0.3 is 0 Å². The molecule has 132 valence electrons. The van der Waals surface area contributed by atoms with E-state index in [0.717, 1.165) is 28.4 Å². The fraction of sp³-hybridized carbons (Fsp3) is 0.182. The maximum absolute atomic E-state index is 3.59. The van der Waals surface area contributed by atoms with Gasteiger partial charge in [0, 0.05) is 45.3 Å². The van der Waals surface area contributed by atoms with Gasteiger partial charge in [0.15, 0.2) is 0 Å². The highest BCUT2D eigenvalue weighted by atomic mass is 15.2. The van der Waals surface area contributed by atoms with Gasteiger partial charge in [-0.1, -0.05) is 18.2 Å². The average Bonchev–Trinajstić information content (AvgIpc) is 2.65. The van der Waals surface area contributed by atoms with Crippen molar-refractivity contribution in [2.75, 3.05) is 48.2 Å². The Balaban J connectivity index is 1.94. The molecule has 1 aliphatic rings. The maximum Gasteiger partial charge on any atom is 0.0718 e. The monoisotopic (exact) mass is 344 g/mol. The van der Waals surface area contributed by atoms with Crippen LogP contribution < -0.4 is 20.0 Å². The van der Waals surface area contributed by atoms with Gasteiger partial charge in [-0.25, -0.2) is 0 Å². The van der Waals surface area contributed by atoms with Crippen LogP contribution in [0.15, 0.2) is 66.7 Å². The van der Waals surface area contributed by atoms with Crippen LogP contribution >= 0.6 is 0 Å². The first kappa shape index (κ1) is 16.3. The molecule has 4 rings (SSSR count). The summed E-state index contributed by atoms with van der Waals surface area (Å²) >= 11 is 0. The van der Waals surface area contributed by atoms with Crippen LogP contribution in [0.2, 0.25) is 0 Å². The van der Waals surface area contributed by atoms with E-state index in [0.29, 0.717) is 0 Å². The number of nitrogens with one attached hydrogen (secondary N) is 1. The lowest BCUT2D eigenvalue weighted by Gasteiger charge is -2.35. The summed E-state index contributed by atoms with van der Waals surface area (Å²) < 4.78 is 0. The van der Waals surface area contributed by atoms with Crippen molar-refractivity contribution in [3.8, 4) is 0 Å². The topological polar surface area (TPSA) is 21.8 Å². The van der Waals surface area contributed by atoms with Gasteiger partial charge in [0.25, 0.3) is 0 Å². The molecule has 3 aromatic carbocycles. The highest BCUT2D eigenvalue weighted by Gasteiger charge is 2.25. The van der Waals surface area contributed by atoms with Crippen molar-refractivity contribution in [1.29, 1.82) is 0 Å². The van der Waals surface area contributed by atoms with E-state index < -0.39 is 0 Å². The van der Waals surface area contributed by atoms with Crippen LogP contribution in [0.1, 0.15) is 0 Å². The van der Waals surface area contributed by atoms with E-state index in [1.165, 1.54) is 11.4 Å². The first-order chi connectivity index (χ1) is 12.5. The summed E-state index contributed by atoms with van der Waals surface area (Å²) in [6.45, 7) is 0. The highest BCUT2D eigenvalue weighted by molar-refractivity contribution is 5.98. The van der Waals surface area contributed by atoms with Gasteiger partial charge in [0.05, 0.1) is 22.7 Å². The third kappa shape index (κ3) is 2.73. The molecule has 26 heavy (non-hydrogen) atoms. The number of hydrogen-bond donors (Lipinski definition) is 1. The first-order valence-corrected chi connectivity index (χ1v) is 8.79. The summed E-state index contributed by atoms with van der Waals surface area (Å²) in [7, 11) is 8.29. The van der Waals surface area contributed by atoms with Crippen molar-refractivity contribution < 1.29 is 0 Å². The van der Waals surface area contributed by atoms with Gasteiger partial charge in [-0.3, -0.25) is 0 Å². The Morgan fingerprint density at radius 2 is 1.15 bits per heavy atom. The zero-order valence-corrected chi connectivity index (χ0v) is 15.7. The standard InChI is InChI=1S/C22H24N4/c1-24(2)17-10-12-19-21(14-17)26(16-8-6-5-7-9-16)22-15-18(25(3)4)11-13-20(22)23-19/h5-15,23H,1-4H3. The second-order valence-electron chi connectivity index (χ2n) is 6.99. The van der Waals surface area contributed by atoms with E-state index >= 15 is 0 Å². The fourth-order valence-electron chi connectivity index (χ4n) is 3.31. The largest absolute Gasteiger partial charge is 0.378 e. The second-order valence-corrected chi connectivity index (χ2v) is 6.99.